The highest BCUT2D eigenvalue weighted by molar-refractivity contribution is 5.93. The Bertz CT molecular complexity index is 953. The smallest absolute Gasteiger partial charge is 0.193 e. The number of nitrogens with one attached hydrogen (secondary N) is 1. The lowest BCUT2D eigenvalue weighted by Crippen LogP contribution is -2.23. The normalized spacial score (nSPS) is 11.3. The van der Waals surface area contributed by atoms with E-state index >= 15 is 0 Å². The van der Waals surface area contributed by atoms with Gasteiger partial charge in [-0.05, 0) is 38.0 Å². The zero-order valence-electron chi connectivity index (χ0n) is 17.5. The maximum Gasteiger partial charge on any atom is 0.193 e. The van der Waals surface area contributed by atoms with Gasteiger partial charge in [-0.15, -0.1) is 0 Å². The number of aromatic nitrogens is 2. The van der Waals surface area contributed by atoms with Gasteiger partial charge in [-0.1, -0.05) is 30.3 Å². The molecule has 0 amide bonds. The van der Waals surface area contributed by atoms with Gasteiger partial charge in [-0.2, -0.15) is 0 Å². The van der Waals surface area contributed by atoms with Crippen molar-refractivity contribution in [3.63, 3.8) is 0 Å². The molecule has 0 bridgehead atoms. The molecular weight excluding hydrogens is 378 g/mol. The van der Waals surface area contributed by atoms with Crippen LogP contribution in [0.2, 0.25) is 0 Å². The maximum atomic E-state index is 6.13. The van der Waals surface area contributed by atoms with Crippen molar-refractivity contribution < 1.29 is 9.47 Å². The van der Waals surface area contributed by atoms with Gasteiger partial charge in [0.2, 0.25) is 0 Å². The van der Waals surface area contributed by atoms with Gasteiger partial charge >= 0.3 is 0 Å². The highest BCUT2D eigenvalue weighted by atomic mass is 16.5. The van der Waals surface area contributed by atoms with E-state index in [0.29, 0.717) is 31.5 Å². The summed E-state index contributed by atoms with van der Waals surface area (Å²) in [7, 11) is 0. The Kier molecular flexibility index (Phi) is 7.71. The summed E-state index contributed by atoms with van der Waals surface area (Å²) in [6, 6.07) is 16.0. The number of nitrogens with zero attached hydrogens (tertiary/aromatic N) is 3. The summed E-state index contributed by atoms with van der Waals surface area (Å²) >= 11 is 0. The molecule has 158 valence electrons. The molecule has 0 atom stereocenters. The van der Waals surface area contributed by atoms with E-state index in [9.17, 15) is 0 Å². The molecule has 1 aromatic heterocycles. The number of ether oxygens (including phenoxy) is 2. The first kappa shape index (κ1) is 21.2. The van der Waals surface area contributed by atoms with E-state index in [1.54, 1.807) is 6.20 Å². The Morgan fingerprint density at radius 1 is 1.10 bits per heavy atom. The average Bonchev–Trinajstić information content (AvgIpc) is 3.21. The molecule has 7 nitrogen and oxygen atoms in total. The number of imidazole rings is 1. The quantitative estimate of drug-likeness (QED) is 0.394. The van der Waals surface area contributed by atoms with Crippen molar-refractivity contribution in [2.45, 2.75) is 33.4 Å². The van der Waals surface area contributed by atoms with Gasteiger partial charge in [0.1, 0.15) is 23.9 Å². The summed E-state index contributed by atoms with van der Waals surface area (Å²) in [5.41, 5.74) is 8.14. The minimum Gasteiger partial charge on any atom is -0.494 e. The fraction of sp³-hybridized carbons (Fsp3) is 0.304. The number of anilines is 1. The Balaban J connectivity index is 1.64. The molecule has 7 heteroatoms. The minimum absolute atomic E-state index is 0.294. The number of benzene rings is 2. The maximum absolute atomic E-state index is 6.13. The second-order valence-corrected chi connectivity index (χ2v) is 6.62. The van der Waals surface area contributed by atoms with Gasteiger partial charge in [0.05, 0.1) is 18.9 Å². The van der Waals surface area contributed by atoms with Crippen LogP contribution in [0.25, 0.3) is 0 Å². The van der Waals surface area contributed by atoms with E-state index in [-0.39, 0.29) is 0 Å². The third-order valence-corrected chi connectivity index (χ3v) is 4.50. The fourth-order valence-electron chi connectivity index (χ4n) is 3.07. The molecule has 3 N–H and O–H groups in total. The number of guanidine groups is 1. The van der Waals surface area contributed by atoms with Crippen molar-refractivity contribution in [2.24, 2.45) is 10.7 Å². The molecule has 0 fully saturated rings. The lowest BCUT2D eigenvalue weighted by Gasteiger charge is -2.14. The second kappa shape index (κ2) is 10.9. The predicted molar refractivity (Wildman–Crippen MR) is 120 cm³/mol. The number of rotatable bonds is 10. The van der Waals surface area contributed by atoms with Crippen LogP contribution >= 0.6 is 0 Å². The zero-order valence-corrected chi connectivity index (χ0v) is 17.5. The third-order valence-electron chi connectivity index (χ3n) is 4.50. The first-order chi connectivity index (χ1) is 14.7. The summed E-state index contributed by atoms with van der Waals surface area (Å²) in [5, 5.41) is 3.12. The van der Waals surface area contributed by atoms with Crippen molar-refractivity contribution >= 4 is 11.6 Å². The molecule has 3 aromatic rings. The van der Waals surface area contributed by atoms with Crippen molar-refractivity contribution in [3.8, 4) is 11.5 Å². The van der Waals surface area contributed by atoms with Crippen LogP contribution < -0.4 is 20.5 Å². The summed E-state index contributed by atoms with van der Waals surface area (Å²) in [6.07, 6.45) is 4.69. The Labute approximate surface area is 177 Å². The van der Waals surface area contributed by atoms with Crippen molar-refractivity contribution in [3.05, 3.63) is 72.3 Å². The topological polar surface area (TPSA) is 86.7 Å². The van der Waals surface area contributed by atoms with Crippen molar-refractivity contribution in [1.29, 1.82) is 0 Å². The lowest BCUT2D eigenvalue weighted by atomic mass is 10.1. The van der Waals surface area contributed by atoms with Gasteiger partial charge < -0.3 is 25.1 Å². The molecule has 0 spiro atoms. The zero-order chi connectivity index (χ0) is 21.2. The number of nitrogens with two attached hydrogens (primary N) is 1. The molecule has 0 saturated heterocycles. The van der Waals surface area contributed by atoms with Crippen LogP contribution in [0, 0.1) is 0 Å². The predicted octanol–water partition coefficient (Wildman–Crippen LogP) is 3.85. The van der Waals surface area contributed by atoms with Crippen LogP contribution in [-0.2, 0) is 19.5 Å². The Hall–Kier alpha value is -3.48. The van der Waals surface area contributed by atoms with Crippen LogP contribution in [0.1, 0.15) is 25.2 Å². The van der Waals surface area contributed by atoms with Gasteiger partial charge in [0, 0.05) is 25.0 Å². The molecule has 30 heavy (non-hydrogen) atoms. The number of hydrogen-bond acceptors (Lipinski definition) is 4. The van der Waals surface area contributed by atoms with Crippen LogP contribution in [-0.4, -0.2) is 28.7 Å². The molecule has 0 saturated carbocycles. The van der Waals surface area contributed by atoms with Crippen LogP contribution in [0.3, 0.4) is 0 Å². The first-order valence-electron chi connectivity index (χ1n) is 10.2. The molecule has 0 aliphatic rings. The molecule has 0 aliphatic carbocycles. The number of aryl methyl sites for hydroxylation is 2. The Morgan fingerprint density at radius 2 is 1.90 bits per heavy atom. The summed E-state index contributed by atoms with van der Waals surface area (Å²) in [5.74, 6) is 2.60. The van der Waals surface area contributed by atoms with Crippen LogP contribution in [0.15, 0.2) is 65.9 Å². The molecule has 3 rings (SSSR count). The highest BCUT2D eigenvalue weighted by Crippen LogP contribution is 2.29. The second-order valence-electron chi connectivity index (χ2n) is 6.62. The van der Waals surface area contributed by atoms with Crippen LogP contribution in [0.4, 0.5) is 5.69 Å². The van der Waals surface area contributed by atoms with Gasteiger partial charge in [-0.3, -0.25) is 0 Å². The van der Waals surface area contributed by atoms with Crippen molar-refractivity contribution in [2.75, 3.05) is 18.5 Å². The molecule has 1 heterocycles. The van der Waals surface area contributed by atoms with Crippen LogP contribution in [0.5, 0.6) is 11.5 Å². The van der Waals surface area contributed by atoms with E-state index in [2.05, 4.69) is 44.1 Å². The summed E-state index contributed by atoms with van der Waals surface area (Å²) < 4.78 is 13.3. The summed E-state index contributed by atoms with van der Waals surface area (Å²) in [6.45, 7) is 6.25. The van der Waals surface area contributed by atoms with Crippen molar-refractivity contribution in [1.82, 2.24) is 9.55 Å². The SMILES string of the molecule is CCOc1ccc(OCC)c(NC(N)=NCc2nccn2CCc2ccccc2)c1. The summed E-state index contributed by atoms with van der Waals surface area (Å²) in [4.78, 5) is 8.88. The largest absolute Gasteiger partial charge is 0.494 e. The molecule has 2 aromatic carbocycles. The van der Waals surface area contributed by atoms with Gasteiger partial charge in [0.15, 0.2) is 5.96 Å². The first-order valence-corrected chi connectivity index (χ1v) is 10.2. The number of hydrogen-bond donors (Lipinski definition) is 2. The molecule has 0 aliphatic heterocycles. The monoisotopic (exact) mass is 407 g/mol. The lowest BCUT2D eigenvalue weighted by molar-refractivity contribution is 0.332. The van der Waals surface area contributed by atoms with E-state index < -0.39 is 0 Å². The third kappa shape index (κ3) is 6.01. The standard InChI is InChI=1S/C23H29N5O2/c1-3-29-19-10-11-21(30-4-2)20(16-19)27-23(24)26-17-22-25-13-15-28(22)14-12-18-8-6-5-7-9-18/h5-11,13,15-16H,3-4,12,14,17H2,1-2H3,(H3,24,26,27). The van der Waals surface area contributed by atoms with Gasteiger partial charge in [0.25, 0.3) is 0 Å². The minimum atomic E-state index is 0.294. The molecule has 0 unspecified atom stereocenters. The van der Waals surface area contributed by atoms with Gasteiger partial charge in [-0.25, -0.2) is 9.98 Å². The van der Waals surface area contributed by atoms with E-state index in [0.717, 1.165) is 30.2 Å². The Morgan fingerprint density at radius 3 is 2.67 bits per heavy atom. The molecule has 0 radical (unpaired) electrons. The van der Waals surface area contributed by atoms with E-state index in [4.69, 9.17) is 15.2 Å². The van der Waals surface area contributed by atoms with E-state index in [1.807, 2.05) is 44.3 Å². The molecular formula is C23H29N5O2. The number of aliphatic imine (C=N–C) groups is 1. The average molecular weight is 408 g/mol. The highest BCUT2D eigenvalue weighted by Gasteiger charge is 2.08. The van der Waals surface area contributed by atoms with E-state index in [1.165, 1.54) is 5.56 Å². The fourth-order valence-corrected chi connectivity index (χ4v) is 3.07.